The zero-order valence-electron chi connectivity index (χ0n) is 24.6. The van der Waals surface area contributed by atoms with Crippen LogP contribution in [-0.4, -0.2) is 45.4 Å². The van der Waals surface area contributed by atoms with E-state index in [4.69, 9.17) is 21.3 Å². The van der Waals surface area contributed by atoms with Crippen LogP contribution >= 0.6 is 11.6 Å². The number of hydrogen-bond acceptors (Lipinski definition) is 8. The Morgan fingerprint density at radius 2 is 1.86 bits per heavy atom. The number of anilines is 2. The van der Waals surface area contributed by atoms with Crippen molar-refractivity contribution in [3.63, 3.8) is 0 Å². The van der Waals surface area contributed by atoms with E-state index in [0.717, 1.165) is 39.9 Å². The van der Waals surface area contributed by atoms with Crippen molar-refractivity contribution >= 4 is 39.8 Å². The molecule has 2 aromatic carbocycles. The normalized spacial score (nSPS) is 14.5. The number of aromatic nitrogens is 4. The van der Waals surface area contributed by atoms with Gasteiger partial charge in [0.25, 0.3) is 5.56 Å². The van der Waals surface area contributed by atoms with Crippen molar-refractivity contribution in [2.45, 2.75) is 32.4 Å². The van der Waals surface area contributed by atoms with Crippen LogP contribution in [0.2, 0.25) is 5.02 Å². The van der Waals surface area contributed by atoms with Gasteiger partial charge in [-0.15, -0.1) is 0 Å². The molecule has 10 nitrogen and oxygen atoms in total. The molecule has 4 heterocycles. The standard InChI is InChI=1S/C33H32ClN7O3/c1-19-23(6-5-9-26(19)39-31-29-20(14-15-36-31)17-37-41(2)33(29)43)24-7-4-8-25(30(24)34)27-12-10-21(32(40-27)44-3)16-35-18-22-11-13-28(42)38-22/h4-10,12,14-15,17,22,35H,11,13,16,18H2,1-3H3,(H,36,39)(H,38,42)/t22-/m1/s1. The lowest BCUT2D eigenvalue weighted by molar-refractivity contribution is -0.119. The van der Waals surface area contributed by atoms with Crippen molar-refractivity contribution < 1.29 is 9.53 Å². The second-order valence-corrected chi connectivity index (χ2v) is 11.1. The lowest BCUT2D eigenvalue weighted by atomic mass is 9.96. The van der Waals surface area contributed by atoms with E-state index in [-0.39, 0.29) is 17.5 Å². The van der Waals surface area contributed by atoms with Crippen LogP contribution in [0.4, 0.5) is 11.5 Å². The zero-order valence-corrected chi connectivity index (χ0v) is 25.4. The summed E-state index contributed by atoms with van der Waals surface area (Å²) in [6, 6.07) is 17.6. The first-order valence-electron chi connectivity index (χ1n) is 14.3. The molecule has 0 unspecified atom stereocenters. The quantitative estimate of drug-likeness (QED) is 0.210. The molecule has 0 bridgehead atoms. The Morgan fingerprint density at radius 1 is 1.07 bits per heavy atom. The van der Waals surface area contributed by atoms with Gasteiger partial charge >= 0.3 is 0 Å². The number of hydrogen-bond donors (Lipinski definition) is 3. The number of benzene rings is 2. The molecule has 0 radical (unpaired) electrons. The molecule has 1 aliphatic heterocycles. The van der Waals surface area contributed by atoms with E-state index in [1.54, 1.807) is 32.6 Å². The van der Waals surface area contributed by atoms with Crippen LogP contribution in [0, 0.1) is 6.92 Å². The van der Waals surface area contributed by atoms with Crippen LogP contribution in [0.3, 0.4) is 0 Å². The Kier molecular flexibility index (Phi) is 8.28. The SMILES string of the molecule is COc1nc(-c2cccc(-c3cccc(Nc4nccc5cnn(C)c(=O)c45)c3C)c2Cl)ccc1CNC[C@H]1CCC(=O)N1. The van der Waals surface area contributed by atoms with Gasteiger partial charge in [0, 0.05) is 66.6 Å². The molecule has 3 N–H and O–H groups in total. The lowest BCUT2D eigenvalue weighted by Gasteiger charge is -2.17. The van der Waals surface area contributed by atoms with Gasteiger partial charge in [-0.25, -0.2) is 14.6 Å². The van der Waals surface area contributed by atoms with E-state index < -0.39 is 0 Å². The average Bonchev–Trinajstić information content (AvgIpc) is 3.45. The topological polar surface area (TPSA) is 123 Å². The first-order valence-corrected chi connectivity index (χ1v) is 14.7. The number of carbonyl (C=O) groups excluding carboxylic acids is 1. The molecular weight excluding hydrogens is 578 g/mol. The van der Waals surface area contributed by atoms with Crippen LogP contribution < -0.4 is 26.2 Å². The van der Waals surface area contributed by atoms with Crippen LogP contribution in [0.25, 0.3) is 33.2 Å². The Labute approximate surface area is 259 Å². The smallest absolute Gasteiger partial charge is 0.278 e. The molecule has 5 aromatic rings. The molecule has 11 heteroatoms. The number of methoxy groups -OCH3 is 1. The summed E-state index contributed by atoms with van der Waals surface area (Å²) in [6.07, 6.45) is 4.72. The minimum atomic E-state index is -0.227. The third-order valence-corrected chi connectivity index (χ3v) is 8.34. The van der Waals surface area contributed by atoms with E-state index in [0.29, 0.717) is 52.7 Å². The van der Waals surface area contributed by atoms with E-state index in [1.807, 2.05) is 55.5 Å². The number of carbonyl (C=O) groups is 1. The first kappa shape index (κ1) is 29.3. The van der Waals surface area contributed by atoms with E-state index >= 15 is 0 Å². The Morgan fingerprint density at radius 3 is 2.66 bits per heavy atom. The minimum absolute atomic E-state index is 0.101. The third kappa shape index (κ3) is 5.73. The molecular formula is C33H32ClN7O3. The highest BCUT2D eigenvalue weighted by atomic mass is 35.5. The number of nitrogens with zero attached hydrogens (tertiary/aromatic N) is 4. The number of ether oxygens (including phenoxy) is 1. The number of amides is 1. The molecule has 3 aromatic heterocycles. The fraction of sp³-hybridized carbons (Fsp3) is 0.242. The fourth-order valence-corrected chi connectivity index (χ4v) is 5.86. The first-order chi connectivity index (χ1) is 21.3. The molecule has 1 amide bonds. The molecule has 0 aliphatic carbocycles. The predicted octanol–water partition coefficient (Wildman–Crippen LogP) is 5.14. The summed E-state index contributed by atoms with van der Waals surface area (Å²) in [4.78, 5) is 33.6. The second kappa shape index (κ2) is 12.4. The Bertz CT molecular complexity index is 1940. The molecule has 44 heavy (non-hydrogen) atoms. The maximum atomic E-state index is 12.9. The minimum Gasteiger partial charge on any atom is -0.481 e. The lowest BCUT2D eigenvalue weighted by Crippen LogP contribution is -2.35. The molecule has 224 valence electrons. The summed E-state index contributed by atoms with van der Waals surface area (Å²) in [7, 11) is 3.22. The Balaban J connectivity index is 1.28. The highest BCUT2D eigenvalue weighted by Crippen LogP contribution is 2.39. The highest BCUT2D eigenvalue weighted by molar-refractivity contribution is 6.36. The van der Waals surface area contributed by atoms with Gasteiger partial charge in [0.05, 0.1) is 29.4 Å². The van der Waals surface area contributed by atoms with Crippen LogP contribution in [0.1, 0.15) is 24.0 Å². The summed E-state index contributed by atoms with van der Waals surface area (Å²) in [5.74, 6) is 1.08. The summed E-state index contributed by atoms with van der Waals surface area (Å²) >= 11 is 7.07. The zero-order chi connectivity index (χ0) is 30.8. The molecule has 1 atom stereocenters. The molecule has 1 fully saturated rings. The van der Waals surface area contributed by atoms with Crippen molar-refractivity contribution in [3.8, 4) is 28.3 Å². The maximum Gasteiger partial charge on any atom is 0.278 e. The van der Waals surface area contributed by atoms with Gasteiger partial charge in [0.15, 0.2) is 0 Å². The number of fused-ring (bicyclic) bond motifs is 1. The summed E-state index contributed by atoms with van der Waals surface area (Å²) in [5.41, 5.74) is 5.69. The Hall–Kier alpha value is -4.80. The summed E-state index contributed by atoms with van der Waals surface area (Å²) in [6.45, 7) is 3.25. The van der Waals surface area contributed by atoms with E-state index in [9.17, 15) is 9.59 Å². The van der Waals surface area contributed by atoms with E-state index in [2.05, 4.69) is 26.0 Å². The third-order valence-electron chi connectivity index (χ3n) is 7.94. The van der Waals surface area contributed by atoms with E-state index in [1.165, 1.54) is 4.68 Å². The number of halogens is 1. The fourth-order valence-electron chi connectivity index (χ4n) is 5.54. The van der Waals surface area contributed by atoms with Crippen molar-refractivity contribution in [3.05, 3.63) is 93.5 Å². The number of aryl methyl sites for hydroxylation is 1. The van der Waals surface area contributed by atoms with Crippen molar-refractivity contribution in [1.82, 2.24) is 30.4 Å². The van der Waals surface area contributed by atoms with Crippen molar-refractivity contribution in [2.24, 2.45) is 7.05 Å². The molecule has 1 saturated heterocycles. The second-order valence-electron chi connectivity index (χ2n) is 10.8. The molecule has 0 spiro atoms. The van der Waals surface area contributed by atoms with Crippen LogP contribution in [-0.2, 0) is 18.4 Å². The monoisotopic (exact) mass is 609 g/mol. The van der Waals surface area contributed by atoms with Gasteiger partial charge in [-0.3, -0.25) is 9.59 Å². The van der Waals surface area contributed by atoms with Gasteiger partial charge in [0.2, 0.25) is 11.8 Å². The maximum absolute atomic E-state index is 12.9. The van der Waals surface area contributed by atoms with Crippen molar-refractivity contribution in [1.29, 1.82) is 0 Å². The van der Waals surface area contributed by atoms with Gasteiger partial charge in [-0.05, 0) is 42.7 Å². The average molecular weight is 610 g/mol. The predicted molar refractivity (Wildman–Crippen MR) is 172 cm³/mol. The van der Waals surface area contributed by atoms with Gasteiger partial charge in [-0.2, -0.15) is 5.10 Å². The molecule has 0 saturated carbocycles. The number of rotatable bonds is 9. The van der Waals surface area contributed by atoms with Crippen molar-refractivity contribution in [2.75, 3.05) is 19.0 Å². The largest absolute Gasteiger partial charge is 0.481 e. The summed E-state index contributed by atoms with van der Waals surface area (Å²) in [5, 5.41) is 15.6. The number of pyridine rings is 2. The number of nitrogens with one attached hydrogen (secondary N) is 3. The highest BCUT2D eigenvalue weighted by Gasteiger charge is 2.21. The molecule has 6 rings (SSSR count). The summed E-state index contributed by atoms with van der Waals surface area (Å²) < 4.78 is 6.93. The van der Waals surface area contributed by atoms with Crippen LogP contribution in [0.5, 0.6) is 5.88 Å². The molecule has 1 aliphatic rings. The van der Waals surface area contributed by atoms with Gasteiger partial charge in [-0.1, -0.05) is 48.0 Å². The van der Waals surface area contributed by atoms with Gasteiger partial charge < -0.3 is 20.7 Å². The van der Waals surface area contributed by atoms with Gasteiger partial charge in [0.1, 0.15) is 5.82 Å². The van der Waals surface area contributed by atoms with Crippen LogP contribution in [0.15, 0.2) is 71.8 Å².